The number of carbonyl (C=O) groups excluding carboxylic acids is 1. The lowest BCUT2D eigenvalue weighted by atomic mass is 9.80. The predicted molar refractivity (Wildman–Crippen MR) is 99.4 cm³/mol. The van der Waals surface area contributed by atoms with E-state index in [0.717, 1.165) is 16.7 Å². The zero-order chi connectivity index (χ0) is 17.7. The van der Waals surface area contributed by atoms with E-state index in [1.165, 1.54) is 0 Å². The minimum atomic E-state index is -1.22. The Kier molecular flexibility index (Phi) is 4.96. The highest BCUT2D eigenvalue weighted by atomic mass is 16.3. The molecule has 126 valence electrons. The number of aliphatic hydroxyl groups is 1. The Morgan fingerprint density at radius 3 is 1.84 bits per heavy atom. The highest BCUT2D eigenvalue weighted by Gasteiger charge is 2.32. The van der Waals surface area contributed by atoms with Crippen LogP contribution in [0.25, 0.3) is 0 Å². The van der Waals surface area contributed by atoms with Gasteiger partial charge in [0.25, 0.3) is 5.91 Å². The van der Waals surface area contributed by atoms with E-state index >= 15 is 0 Å². The number of nitrogens with one attached hydrogen (secondary N) is 1. The van der Waals surface area contributed by atoms with Gasteiger partial charge in [-0.15, -0.1) is 0 Å². The molecule has 0 aliphatic rings. The van der Waals surface area contributed by atoms with Crippen LogP contribution < -0.4 is 5.32 Å². The van der Waals surface area contributed by atoms with Gasteiger partial charge in [-0.3, -0.25) is 4.79 Å². The normalized spacial score (nSPS) is 11.1. The van der Waals surface area contributed by atoms with Crippen molar-refractivity contribution in [2.45, 2.75) is 12.0 Å². The fourth-order valence-electron chi connectivity index (χ4n) is 3.10. The van der Waals surface area contributed by atoms with E-state index in [2.05, 4.69) is 5.32 Å². The molecule has 0 aliphatic heterocycles. The van der Waals surface area contributed by atoms with Crippen LogP contribution in [0.5, 0.6) is 0 Å². The molecule has 2 N–H and O–H groups in total. The van der Waals surface area contributed by atoms with Gasteiger partial charge in [0.15, 0.2) is 0 Å². The summed E-state index contributed by atoms with van der Waals surface area (Å²) in [7, 11) is 1.61. The number of hydrogen-bond donors (Lipinski definition) is 2. The molecular formula is C22H21NO2. The van der Waals surface area contributed by atoms with E-state index in [0.29, 0.717) is 12.0 Å². The van der Waals surface area contributed by atoms with Crippen molar-refractivity contribution >= 4 is 5.91 Å². The van der Waals surface area contributed by atoms with Gasteiger partial charge in [-0.25, -0.2) is 0 Å². The Labute approximate surface area is 148 Å². The molecule has 0 spiro atoms. The van der Waals surface area contributed by atoms with Crippen molar-refractivity contribution in [1.82, 2.24) is 5.32 Å². The summed E-state index contributed by atoms with van der Waals surface area (Å²) >= 11 is 0. The molecule has 0 aliphatic carbocycles. The molecule has 3 aromatic rings. The molecule has 25 heavy (non-hydrogen) atoms. The smallest absolute Gasteiger partial charge is 0.251 e. The van der Waals surface area contributed by atoms with Crippen LogP contribution in [-0.2, 0) is 12.0 Å². The Balaban J connectivity index is 2.11. The van der Waals surface area contributed by atoms with Gasteiger partial charge in [0.1, 0.15) is 5.60 Å². The summed E-state index contributed by atoms with van der Waals surface area (Å²) in [4.78, 5) is 12.2. The third-order valence-electron chi connectivity index (χ3n) is 4.44. The highest BCUT2D eigenvalue weighted by Crippen LogP contribution is 2.34. The molecule has 0 unspecified atom stereocenters. The number of carbonyl (C=O) groups is 1. The van der Waals surface area contributed by atoms with Crippen molar-refractivity contribution < 1.29 is 9.90 Å². The summed E-state index contributed by atoms with van der Waals surface area (Å²) in [5.41, 5.74) is 1.76. The number of rotatable bonds is 5. The molecule has 3 nitrogen and oxygen atoms in total. The lowest BCUT2D eigenvalue weighted by Gasteiger charge is -2.30. The summed E-state index contributed by atoms with van der Waals surface area (Å²) in [6, 6.07) is 26.5. The first-order chi connectivity index (χ1) is 12.1. The molecule has 0 radical (unpaired) electrons. The summed E-state index contributed by atoms with van der Waals surface area (Å²) in [6.07, 6.45) is 0.310. The zero-order valence-corrected chi connectivity index (χ0v) is 14.1. The van der Waals surface area contributed by atoms with E-state index < -0.39 is 5.60 Å². The monoisotopic (exact) mass is 331 g/mol. The molecule has 0 atom stereocenters. The predicted octanol–water partition coefficient (Wildman–Crippen LogP) is 3.52. The van der Waals surface area contributed by atoms with Gasteiger partial charge in [0.2, 0.25) is 0 Å². The van der Waals surface area contributed by atoms with Gasteiger partial charge in [0.05, 0.1) is 0 Å². The molecule has 0 heterocycles. The van der Waals surface area contributed by atoms with Crippen LogP contribution in [0, 0.1) is 0 Å². The van der Waals surface area contributed by atoms with Crippen LogP contribution in [0.4, 0.5) is 0 Å². The second-order valence-electron chi connectivity index (χ2n) is 6.01. The van der Waals surface area contributed by atoms with Crippen LogP contribution in [0.15, 0.2) is 84.9 Å². The van der Waals surface area contributed by atoms with Gasteiger partial charge < -0.3 is 10.4 Å². The van der Waals surface area contributed by atoms with Crippen molar-refractivity contribution in [2.75, 3.05) is 7.05 Å². The first kappa shape index (κ1) is 16.9. The second-order valence-corrected chi connectivity index (χ2v) is 6.01. The zero-order valence-electron chi connectivity index (χ0n) is 14.1. The Bertz CT molecular complexity index is 805. The van der Waals surface area contributed by atoms with Crippen LogP contribution in [-0.4, -0.2) is 18.1 Å². The molecule has 1 amide bonds. The van der Waals surface area contributed by atoms with E-state index in [1.54, 1.807) is 13.1 Å². The summed E-state index contributed by atoms with van der Waals surface area (Å²) in [5, 5.41) is 14.3. The highest BCUT2D eigenvalue weighted by molar-refractivity contribution is 5.95. The first-order valence-corrected chi connectivity index (χ1v) is 8.28. The van der Waals surface area contributed by atoms with Gasteiger partial charge >= 0.3 is 0 Å². The van der Waals surface area contributed by atoms with Crippen LogP contribution in [0.3, 0.4) is 0 Å². The maximum Gasteiger partial charge on any atom is 0.251 e. The molecule has 0 aromatic heterocycles. The third-order valence-corrected chi connectivity index (χ3v) is 4.44. The average molecular weight is 331 g/mol. The van der Waals surface area contributed by atoms with Crippen molar-refractivity contribution in [3.63, 3.8) is 0 Å². The SMILES string of the molecule is CNC(=O)c1ccccc1CC(O)(c1ccccc1)c1ccccc1. The fourth-order valence-corrected chi connectivity index (χ4v) is 3.10. The standard InChI is InChI=1S/C22H21NO2/c1-23-21(24)20-15-9-8-10-17(20)16-22(25,18-11-4-2-5-12-18)19-13-6-3-7-14-19/h2-15,25H,16H2,1H3,(H,23,24). The third kappa shape index (κ3) is 3.47. The summed E-state index contributed by atoms with van der Waals surface area (Å²) in [6.45, 7) is 0. The lowest BCUT2D eigenvalue weighted by molar-refractivity contribution is 0.0804. The molecule has 0 fully saturated rings. The topological polar surface area (TPSA) is 49.3 Å². The average Bonchev–Trinajstić information content (AvgIpc) is 2.69. The quantitative estimate of drug-likeness (QED) is 0.751. The van der Waals surface area contributed by atoms with Crippen molar-refractivity contribution in [3.05, 3.63) is 107 Å². The van der Waals surface area contributed by atoms with Crippen molar-refractivity contribution in [1.29, 1.82) is 0 Å². The summed E-state index contributed by atoms with van der Waals surface area (Å²) in [5.74, 6) is -0.154. The molecule has 0 bridgehead atoms. The fraction of sp³-hybridized carbons (Fsp3) is 0.136. The van der Waals surface area contributed by atoms with E-state index in [1.807, 2.05) is 78.9 Å². The maximum absolute atomic E-state index is 12.2. The van der Waals surface area contributed by atoms with E-state index in [9.17, 15) is 9.90 Å². The van der Waals surface area contributed by atoms with Gasteiger partial charge in [-0.05, 0) is 22.8 Å². The van der Waals surface area contributed by atoms with Crippen LogP contribution in [0.2, 0.25) is 0 Å². The maximum atomic E-state index is 12.2. The summed E-state index contributed by atoms with van der Waals surface area (Å²) < 4.78 is 0. The van der Waals surface area contributed by atoms with Crippen LogP contribution in [0.1, 0.15) is 27.0 Å². The van der Waals surface area contributed by atoms with E-state index in [-0.39, 0.29) is 5.91 Å². The van der Waals surface area contributed by atoms with Crippen molar-refractivity contribution in [3.8, 4) is 0 Å². The molecule has 3 rings (SSSR count). The minimum Gasteiger partial charge on any atom is -0.380 e. The minimum absolute atomic E-state index is 0.154. The Hall–Kier alpha value is -2.91. The number of amides is 1. The van der Waals surface area contributed by atoms with Gasteiger partial charge in [-0.2, -0.15) is 0 Å². The molecule has 3 aromatic carbocycles. The number of benzene rings is 3. The molecule has 0 saturated carbocycles. The van der Waals surface area contributed by atoms with Gasteiger partial charge in [0, 0.05) is 19.0 Å². The Morgan fingerprint density at radius 2 is 1.32 bits per heavy atom. The molecule has 0 saturated heterocycles. The first-order valence-electron chi connectivity index (χ1n) is 8.28. The number of hydrogen-bond acceptors (Lipinski definition) is 2. The Morgan fingerprint density at radius 1 is 0.840 bits per heavy atom. The van der Waals surface area contributed by atoms with Crippen molar-refractivity contribution in [2.24, 2.45) is 0 Å². The molecular weight excluding hydrogens is 310 g/mol. The van der Waals surface area contributed by atoms with Crippen LogP contribution >= 0.6 is 0 Å². The largest absolute Gasteiger partial charge is 0.380 e. The molecule has 3 heteroatoms. The second kappa shape index (κ2) is 7.32. The van der Waals surface area contributed by atoms with E-state index in [4.69, 9.17) is 0 Å². The lowest BCUT2D eigenvalue weighted by Crippen LogP contribution is -2.31. The van der Waals surface area contributed by atoms with Gasteiger partial charge in [-0.1, -0.05) is 78.9 Å².